The molecule has 1 N–H and O–H groups in total. The molecular weight excluding hydrogens is 397 g/mol. The van der Waals surface area contributed by atoms with E-state index in [2.05, 4.69) is 14.8 Å². The van der Waals surface area contributed by atoms with E-state index in [4.69, 9.17) is 0 Å². The number of carbonyl (C=O) groups is 3. The number of aromatic nitrogens is 1. The number of nitrogens with zero attached hydrogens (tertiary/aromatic N) is 1. The molecule has 8 nitrogen and oxygen atoms in total. The summed E-state index contributed by atoms with van der Waals surface area (Å²) in [7, 11) is 2.23. The Labute approximate surface area is 161 Å². The monoisotopic (exact) mass is 412 g/mol. The fraction of sp³-hybridized carbons (Fsp3) is 0.222. The van der Waals surface area contributed by atoms with Gasteiger partial charge in [0.05, 0.1) is 30.9 Å². The third-order valence-electron chi connectivity index (χ3n) is 3.68. The Morgan fingerprint density at radius 1 is 1.00 bits per heavy atom. The van der Waals surface area contributed by atoms with Gasteiger partial charge in [0.25, 0.3) is 5.56 Å². The van der Waals surface area contributed by atoms with Crippen LogP contribution in [0.4, 0.5) is 18.9 Å². The number of hydrogen-bond acceptors (Lipinski definition) is 6. The third kappa shape index (κ3) is 5.43. The number of hydrogen-bond donors (Lipinski definition) is 1. The van der Waals surface area contributed by atoms with E-state index in [1.807, 2.05) is 0 Å². The van der Waals surface area contributed by atoms with Gasteiger partial charge in [0.1, 0.15) is 6.54 Å². The van der Waals surface area contributed by atoms with Gasteiger partial charge in [-0.05, 0) is 24.3 Å². The molecule has 0 aliphatic carbocycles. The number of methoxy groups -OCH3 is 2. The number of benzene rings is 1. The summed E-state index contributed by atoms with van der Waals surface area (Å²) in [5, 5.41) is 2.32. The lowest BCUT2D eigenvalue weighted by Gasteiger charge is -2.12. The number of pyridine rings is 1. The van der Waals surface area contributed by atoms with Crippen molar-refractivity contribution in [2.24, 2.45) is 0 Å². The van der Waals surface area contributed by atoms with E-state index in [1.54, 1.807) is 0 Å². The lowest BCUT2D eigenvalue weighted by atomic mass is 10.1. The Bertz CT molecular complexity index is 979. The Kier molecular flexibility index (Phi) is 6.42. The second-order valence-corrected chi connectivity index (χ2v) is 5.71. The first kappa shape index (κ1) is 21.7. The van der Waals surface area contributed by atoms with Crippen molar-refractivity contribution in [3.63, 3.8) is 0 Å². The van der Waals surface area contributed by atoms with Crippen molar-refractivity contribution in [3.8, 4) is 0 Å². The van der Waals surface area contributed by atoms with E-state index in [0.717, 1.165) is 14.2 Å². The van der Waals surface area contributed by atoms with Gasteiger partial charge < -0.3 is 19.4 Å². The summed E-state index contributed by atoms with van der Waals surface area (Å²) in [6, 6.07) is 4.89. The first-order valence-electron chi connectivity index (χ1n) is 7.94. The van der Waals surface area contributed by atoms with E-state index in [1.165, 1.54) is 18.2 Å². The van der Waals surface area contributed by atoms with E-state index >= 15 is 0 Å². The van der Waals surface area contributed by atoms with Gasteiger partial charge in [-0.25, -0.2) is 9.59 Å². The van der Waals surface area contributed by atoms with Crippen LogP contribution in [0.5, 0.6) is 0 Å². The first-order chi connectivity index (χ1) is 13.5. The number of nitrogens with one attached hydrogen (secondary N) is 1. The van der Waals surface area contributed by atoms with E-state index < -0.39 is 41.7 Å². The number of alkyl halides is 3. The Balaban J connectivity index is 2.30. The van der Waals surface area contributed by atoms with E-state index in [-0.39, 0.29) is 16.8 Å². The van der Waals surface area contributed by atoms with Crippen LogP contribution in [0, 0.1) is 0 Å². The molecule has 0 spiro atoms. The van der Waals surface area contributed by atoms with Gasteiger partial charge in [-0.1, -0.05) is 0 Å². The standard InChI is InChI=1S/C18H15F3N2O6/c1-28-16(26)10-5-11(17(27)29-2)7-13(6-10)22-14(24)9-23-8-12(18(19,20)21)3-4-15(23)25/h3-8H,9H2,1-2H3,(H,22,24). The summed E-state index contributed by atoms with van der Waals surface area (Å²) < 4.78 is 48.1. The average molecular weight is 412 g/mol. The highest BCUT2D eigenvalue weighted by Crippen LogP contribution is 2.28. The molecule has 154 valence electrons. The summed E-state index contributed by atoms with van der Waals surface area (Å²) in [6.45, 7) is -0.723. The van der Waals surface area contributed by atoms with Crippen LogP contribution in [0.25, 0.3) is 0 Å². The number of ether oxygens (including phenoxy) is 2. The summed E-state index contributed by atoms with van der Waals surface area (Å²) in [5.41, 5.74) is -2.06. The molecule has 0 saturated heterocycles. The summed E-state index contributed by atoms with van der Waals surface area (Å²) in [4.78, 5) is 47.4. The van der Waals surface area contributed by atoms with Crippen LogP contribution in [0.3, 0.4) is 0 Å². The molecule has 29 heavy (non-hydrogen) atoms. The predicted molar refractivity (Wildman–Crippen MR) is 93.5 cm³/mol. The fourth-order valence-electron chi connectivity index (χ4n) is 2.35. The van der Waals surface area contributed by atoms with Crippen LogP contribution < -0.4 is 10.9 Å². The molecule has 11 heteroatoms. The SMILES string of the molecule is COC(=O)c1cc(NC(=O)Cn2cc(C(F)(F)F)ccc2=O)cc(C(=O)OC)c1. The fourth-order valence-corrected chi connectivity index (χ4v) is 2.35. The molecule has 0 aliphatic rings. The van der Waals surface area contributed by atoms with Gasteiger partial charge in [-0.3, -0.25) is 9.59 Å². The van der Waals surface area contributed by atoms with Gasteiger partial charge in [-0.15, -0.1) is 0 Å². The van der Waals surface area contributed by atoms with Crippen molar-refractivity contribution < 1.29 is 37.0 Å². The summed E-state index contributed by atoms with van der Waals surface area (Å²) in [5.74, 6) is -2.44. The zero-order valence-electron chi connectivity index (χ0n) is 15.2. The number of carbonyl (C=O) groups excluding carboxylic acids is 3. The molecule has 1 aromatic carbocycles. The molecule has 0 radical (unpaired) electrons. The summed E-state index contributed by atoms with van der Waals surface area (Å²) >= 11 is 0. The van der Waals surface area contributed by atoms with Gasteiger partial charge >= 0.3 is 18.1 Å². The zero-order chi connectivity index (χ0) is 21.8. The molecule has 1 aromatic heterocycles. The van der Waals surface area contributed by atoms with E-state index in [9.17, 15) is 32.3 Å². The molecule has 0 aliphatic heterocycles. The third-order valence-corrected chi connectivity index (χ3v) is 3.68. The van der Waals surface area contributed by atoms with Crippen LogP contribution in [-0.2, 0) is 27.0 Å². The molecular formula is C18H15F3N2O6. The minimum Gasteiger partial charge on any atom is -0.465 e. The van der Waals surface area contributed by atoms with E-state index in [0.29, 0.717) is 22.9 Å². The van der Waals surface area contributed by atoms with Crippen molar-refractivity contribution >= 4 is 23.5 Å². The predicted octanol–water partition coefficient (Wildman–Crippen LogP) is 2.08. The minimum absolute atomic E-state index is 0.0154. The van der Waals surface area contributed by atoms with Crippen molar-refractivity contribution in [1.29, 1.82) is 0 Å². The number of anilines is 1. The zero-order valence-corrected chi connectivity index (χ0v) is 15.2. The van der Waals surface area contributed by atoms with Crippen LogP contribution in [0.2, 0.25) is 0 Å². The second-order valence-electron chi connectivity index (χ2n) is 5.71. The van der Waals surface area contributed by atoms with Crippen molar-refractivity contribution in [2.75, 3.05) is 19.5 Å². The van der Waals surface area contributed by atoms with Crippen LogP contribution >= 0.6 is 0 Å². The van der Waals surface area contributed by atoms with Crippen LogP contribution in [0.15, 0.2) is 41.3 Å². The normalized spacial score (nSPS) is 10.9. The lowest BCUT2D eigenvalue weighted by molar-refractivity contribution is -0.138. The number of amides is 1. The molecule has 0 unspecified atom stereocenters. The second kappa shape index (κ2) is 8.59. The molecule has 1 amide bonds. The maximum absolute atomic E-state index is 12.8. The highest BCUT2D eigenvalue weighted by Gasteiger charge is 2.31. The van der Waals surface area contributed by atoms with Gasteiger partial charge in [0.2, 0.25) is 5.91 Å². The van der Waals surface area contributed by atoms with Crippen molar-refractivity contribution in [1.82, 2.24) is 4.57 Å². The Hall–Kier alpha value is -3.63. The summed E-state index contributed by atoms with van der Waals surface area (Å²) in [6.07, 6.45) is -4.16. The van der Waals surface area contributed by atoms with Crippen molar-refractivity contribution in [3.05, 3.63) is 63.6 Å². The molecule has 0 atom stereocenters. The highest BCUT2D eigenvalue weighted by atomic mass is 19.4. The number of halogens is 3. The maximum atomic E-state index is 12.8. The van der Waals surface area contributed by atoms with Gasteiger partial charge in [0.15, 0.2) is 0 Å². The van der Waals surface area contributed by atoms with Crippen molar-refractivity contribution in [2.45, 2.75) is 12.7 Å². The smallest absolute Gasteiger partial charge is 0.417 e. The maximum Gasteiger partial charge on any atom is 0.417 e. The number of rotatable bonds is 5. The molecule has 0 fully saturated rings. The molecule has 1 heterocycles. The Morgan fingerprint density at radius 3 is 2.03 bits per heavy atom. The molecule has 2 rings (SSSR count). The molecule has 2 aromatic rings. The quantitative estimate of drug-likeness (QED) is 0.755. The average Bonchev–Trinajstić information content (AvgIpc) is 2.67. The van der Waals surface area contributed by atoms with Crippen LogP contribution in [0.1, 0.15) is 26.3 Å². The van der Waals surface area contributed by atoms with Gasteiger partial charge in [-0.2, -0.15) is 13.2 Å². The Morgan fingerprint density at radius 2 is 1.55 bits per heavy atom. The molecule has 0 saturated carbocycles. The first-order valence-corrected chi connectivity index (χ1v) is 7.94. The number of esters is 2. The van der Waals surface area contributed by atoms with Gasteiger partial charge in [0, 0.05) is 18.0 Å². The van der Waals surface area contributed by atoms with Crippen LogP contribution in [-0.4, -0.2) is 36.6 Å². The molecule has 0 bridgehead atoms. The largest absolute Gasteiger partial charge is 0.465 e. The topological polar surface area (TPSA) is 104 Å². The lowest BCUT2D eigenvalue weighted by Crippen LogP contribution is -2.28. The minimum atomic E-state index is -4.68. The highest BCUT2D eigenvalue weighted by molar-refractivity contribution is 5.99.